The lowest BCUT2D eigenvalue weighted by molar-refractivity contribution is -0.163. The molecule has 2 rings (SSSR count). The fraction of sp³-hybridized carbons (Fsp3) is 1.00. The Kier molecular flexibility index (Phi) is 3.79. The van der Waals surface area contributed by atoms with Crippen molar-refractivity contribution in [2.45, 2.75) is 38.4 Å². The van der Waals surface area contributed by atoms with Crippen molar-refractivity contribution in [1.82, 2.24) is 0 Å². The molecule has 2 unspecified atom stereocenters. The minimum Gasteiger partial charge on any atom is -0.396 e. The molecule has 0 aromatic carbocycles. The molecule has 3 atom stereocenters. The summed E-state index contributed by atoms with van der Waals surface area (Å²) in [5.41, 5.74) is 0. The van der Waals surface area contributed by atoms with Gasteiger partial charge in [-0.3, -0.25) is 0 Å². The van der Waals surface area contributed by atoms with E-state index in [0.29, 0.717) is 18.4 Å². The van der Waals surface area contributed by atoms with E-state index < -0.39 is 0 Å². The van der Waals surface area contributed by atoms with Gasteiger partial charge in [-0.1, -0.05) is 0 Å². The van der Waals surface area contributed by atoms with Crippen LogP contribution in [0.15, 0.2) is 0 Å². The Balaban J connectivity index is 1.50. The predicted octanol–water partition coefficient (Wildman–Crippen LogP) is 1.55. The topological polar surface area (TPSA) is 38.7 Å². The highest BCUT2D eigenvalue weighted by molar-refractivity contribution is 4.85. The number of ether oxygens (including phenoxy) is 2. The smallest absolute Gasteiger partial charge is 0.157 e. The van der Waals surface area contributed by atoms with Gasteiger partial charge in [-0.2, -0.15) is 0 Å². The zero-order valence-electron chi connectivity index (χ0n) is 8.65. The first-order valence-electron chi connectivity index (χ1n) is 5.74. The van der Waals surface area contributed by atoms with E-state index in [2.05, 4.69) is 0 Å². The van der Waals surface area contributed by atoms with Crippen molar-refractivity contribution in [2.75, 3.05) is 19.8 Å². The SMILES string of the molecule is OC[C@@H]1CC1CCOC1CCCCO1. The first-order valence-corrected chi connectivity index (χ1v) is 5.74. The van der Waals surface area contributed by atoms with Gasteiger partial charge in [0.1, 0.15) is 0 Å². The molecule has 0 radical (unpaired) electrons. The van der Waals surface area contributed by atoms with Crippen molar-refractivity contribution < 1.29 is 14.6 Å². The molecule has 14 heavy (non-hydrogen) atoms. The summed E-state index contributed by atoms with van der Waals surface area (Å²) in [5, 5.41) is 8.86. The third kappa shape index (κ3) is 2.94. The standard InChI is InChI=1S/C11H20O3/c12-8-10-7-9(10)4-6-14-11-3-1-2-5-13-11/h9-12H,1-8H2/t9?,10-,11?/m0/s1. The first-order chi connectivity index (χ1) is 6.90. The minimum atomic E-state index is 0.0510. The Bertz CT molecular complexity index is 166. The van der Waals surface area contributed by atoms with Crippen LogP contribution in [0.3, 0.4) is 0 Å². The second kappa shape index (κ2) is 5.10. The largest absolute Gasteiger partial charge is 0.396 e. The zero-order valence-corrected chi connectivity index (χ0v) is 8.65. The van der Waals surface area contributed by atoms with Crippen molar-refractivity contribution in [3.8, 4) is 0 Å². The third-order valence-electron chi connectivity index (χ3n) is 3.23. The molecule has 0 aromatic heterocycles. The van der Waals surface area contributed by atoms with Crippen molar-refractivity contribution >= 4 is 0 Å². The van der Waals surface area contributed by atoms with Crippen LogP contribution in [0.25, 0.3) is 0 Å². The number of rotatable bonds is 5. The second-order valence-electron chi connectivity index (χ2n) is 4.39. The van der Waals surface area contributed by atoms with Crippen molar-refractivity contribution in [3.05, 3.63) is 0 Å². The summed E-state index contributed by atoms with van der Waals surface area (Å²) in [6, 6.07) is 0. The van der Waals surface area contributed by atoms with E-state index in [4.69, 9.17) is 14.6 Å². The molecular weight excluding hydrogens is 180 g/mol. The summed E-state index contributed by atoms with van der Waals surface area (Å²) in [6.45, 7) is 2.00. The van der Waals surface area contributed by atoms with Gasteiger partial charge in [0, 0.05) is 13.2 Å². The Morgan fingerprint density at radius 3 is 2.86 bits per heavy atom. The maximum absolute atomic E-state index is 8.86. The number of hydrogen-bond acceptors (Lipinski definition) is 3. The molecule has 3 nitrogen and oxygen atoms in total. The average Bonchev–Trinajstić information content (AvgIpc) is 2.98. The molecule has 2 aliphatic rings. The monoisotopic (exact) mass is 200 g/mol. The molecule has 1 saturated carbocycles. The van der Waals surface area contributed by atoms with E-state index in [9.17, 15) is 0 Å². The van der Waals surface area contributed by atoms with E-state index in [0.717, 1.165) is 26.1 Å². The molecule has 1 heterocycles. The maximum atomic E-state index is 8.86. The molecular formula is C11H20O3. The van der Waals surface area contributed by atoms with Crippen LogP contribution in [0, 0.1) is 11.8 Å². The summed E-state index contributed by atoms with van der Waals surface area (Å²) >= 11 is 0. The van der Waals surface area contributed by atoms with Crippen LogP contribution in [-0.4, -0.2) is 31.2 Å². The van der Waals surface area contributed by atoms with Gasteiger partial charge in [-0.25, -0.2) is 0 Å². The maximum Gasteiger partial charge on any atom is 0.157 e. The minimum absolute atomic E-state index is 0.0510. The summed E-state index contributed by atoms with van der Waals surface area (Å²) in [5.74, 6) is 1.27. The number of aliphatic hydroxyl groups excluding tert-OH is 1. The Labute approximate surface area is 85.4 Å². The lowest BCUT2D eigenvalue weighted by atomic mass is 10.2. The lowest BCUT2D eigenvalue weighted by Crippen LogP contribution is -2.22. The van der Waals surface area contributed by atoms with Crippen LogP contribution in [0.2, 0.25) is 0 Å². The fourth-order valence-electron chi connectivity index (χ4n) is 2.08. The van der Waals surface area contributed by atoms with E-state index in [-0.39, 0.29) is 6.29 Å². The summed E-state index contributed by atoms with van der Waals surface area (Å²) in [7, 11) is 0. The number of aliphatic hydroxyl groups is 1. The average molecular weight is 200 g/mol. The van der Waals surface area contributed by atoms with Gasteiger partial charge in [0.2, 0.25) is 0 Å². The normalized spacial score (nSPS) is 37.1. The van der Waals surface area contributed by atoms with Crippen LogP contribution in [0.4, 0.5) is 0 Å². The summed E-state index contributed by atoms with van der Waals surface area (Å²) in [4.78, 5) is 0. The van der Waals surface area contributed by atoms with E-state index >= 15 is 0 Å². The fourth-order valence-corrected chi connectivity index (χ4v) is 2.08. The van der Waals surface area contributed by atoms with Gasteiger partial charge in [0.05, 0.1) is 6.61 Å². The molecule has 0 spiro atoms. The van der Waals surface area contributed by atoms with Gasteiger partial charge in [0.25, 0.3) is 0 Å². The van der Waals surface area contributed by atoms with Crippen LogP contribution < -0.4 is 0 Å². The highest BCUT2D eigenvalue weighted by Gasteiger charge is 2.35. The Morgan fingerprint density at radius 1 is 1.29 bits per heavy atom. The van der Waals surface area contributed by atoms with Gasteiger partial charge in [-0.15, -0.1) is 0 Å². The van der Waals surface area contributed by atoms with Gasteiger partial charge >= 0.3 is 0 Å². The Hall–Kier alpha value is -0.120. The second-order valence-corrected chi connectivity index (χ2v) is 4.39. The molecule has 0 bridgehead atoms. The molecule has 82 valence electrons. The zero-order chi connectivity index (χ0) is 9.80. The first kappa shape index (κ1) is 10.4. The quantitative estimate of drug-likeness (QED) is 0.731. The molecule has 1 aliphatic heterocycles. The van der Waals surface area contributed by atoms with Crippen LogP contribution in [0.1, 0.15) is 32.1 Å². The van der Waals surface area contributed by atoms with Gasteiger partial charge < -0.3 is 14.6 Å². The predicted molar refractivity (Wildman–Crippen MR) is 52.8 cm³/mol. The van der Waals surface area contributed by atoms with Crippen molar-refractivity contribution in [1.29, 1.82) is 0 Å². The highest BCUT2D eigenvalue weighted by atomic mass is 16.7. The molecule has 2 fully saturated rings. The molecule has 0 aromatic rings. The van der Waals surface area contributed by atoms with Crippen LogP contribution >= 0.6 is 0 Å². The van der Waals surface area contributed by atoms with E-state index in [1.54, 1.807) is 0 Å². The molecule has 3 heteroatoms. The van der Waals surface area contributed by atoms with Crippen molar-refractivity contribution in [2.24, 2.45) is 11.8 Å². The van der Waals surface area contributed by atoms with Gasteiger partial charge in [0.15, 0.2) is 6.29 Å². The van der Waals surface area contributed by atoms with E-state index in [1.807, 2.05) is 0 Å². The summed E-state index contributed by atoms with van der Waals surface area (Å²) < 4.78 is 11.1. The lowest BCUT2D eigenvalue weighted by Gasteiger charge is -2.22. The van der Waals surface area contributed by atoms with E-state index in [1.165, 1.54) is 19.3 Å². The summed E-state index contributed by atoms with van der Waals surface area (Å²) in [6.07, 6.45) is 5.78. The van der Waals surface area contributed by atoms with Crippen LogP contribution in [-0.2, 0) is 9.47 Å². The molecule has 1 aliphatic carbocycles. The molecule has 1 N–H and O–H groups in total. The third-order valence-corrected chi connectivity index (χ3v) is 3.23. The molecule has 0 amide bonds. The highest BCUT2D eigenvalue weighted by Crippen LogP contribution is 2.40. The Morgan fingerprint density at radius 2 is 2.21 bits per heavy atom. The molecule has 1 saturated heterocycles. The van der Waals surface area contributed by atoms with Gasteiger partial charge in [-0.05, 0) is 43.9 Å². The number of hydrogen-bond donors (Lipinski definition) is 1. The van der Waals surface area contributed by atoms with Crippen LogP contribution in [0.5, 0.6) is 0 Å². The van der Waals surface area contributed by atoms with Crippen molar-refractivity contribution in [3.63, 3.8) is 0 Å².